The number of hydrogen-bond donors (Lipinski definition) is 2. The molecule has 1 aromatic heterocycles. The van der Waals surface area contributed by atoms with E-state index in [1.54, 1.807) is 51.5 Å². The second kappa shape index (κ2) is 13.2. The molecule has 2 aromatic carbocycles. The van der Waals surface area contributed by atoms with Gasteiger partial charge in [0.15, 0.2) is 23.9 Å². The van der Waals surface area contributed by atoms with Gasteiger partial charge in [-0.1, -0.05) is 0 Å². The maximum absolute atomic E-state index is 12.0. The number of aromatic nitrogens is 3. The Morgan fingerprint density at radius 1 is 1.08 bits per heavy atom. The van der Waals surface area contributed by atoms with Crippen LogP contribution in [-0.2, 0) is 14.3 Å². The minimum absolute atomic E-state index is 0.0215. The maximum atomic E-state index is 12.0. The Balaban J connectivity index is 1.85. The minimum Gasteiger partial charge on any atom is -0.497 e. The normalized spacial score (nSPS) is 11.1. The number of nitrogens with zero attached hydrogens (tertiary/aromatic N) is 2. The van der Waals surface area contributed by atoms with Crippen molar-refractivity contribution in [2.24, 2.45) is 0 Å². The number of carbonyl (C=O) groups excluding carboxylic acids is 1. The standard InChI is InChI=1S/C24H24IN3O8S/c1-5-35-20(29)12-36-21-17(25)6-13(7-18(21)34-4)8-19(23(30)31)37-24-26-22(27-28-24)14-9-15(32-2)11-16(10-14)33-3/h6-11H,5,12H2,1-4H3,(H,30,31)(H,26,27,28)/b19-8-. The second-order valence-corrected chi connectivity index (χ2v) is 9.28. The molecule has 37 heavy (non-hydrogen) atoms. The molecule has 0 aliphatic carbocycles. The van der Waals surface area contributed by atoms with Gasteiger partial charge < -0.3 is 28.8 Å². The summed E-state index contributed by atoms with van der Waals surface area (Å²) in [7, 11) is 4.53. The van der Waals surface area contributed by atoms with Gasteiger partial charge >= 0.3 is 11.9 Å². The van der Waals surface area contributed by atoms with E-state index in [9.17, 15) is 14.7 Å². The molecule has 0 unspecified atom stereocenters. The Hall–Kier alpha value is -3.46. The molecule has 0 bridgehead atoms. The monoisotopic (exact) mass is 641 g/mol. The first-order valence-corrected chi connectivity index (χ1v) is 12.6. The van der Waals surface area contributed by atoms with E-state index >= 15 is 0 Å². The molecule has 0 atom stereocenters. The van der Waals surface area contributed by atoms with Crippen molar-refractivity contribution < 1.29 is 38.4 Å². The average molecular weight is 641 g/mol. The number of H-pyrrole nitrogens is 1. The van der Waals surface area contributed by atoms with Crippen molar-refractivity contribution in [3.05, 3.63) is 44.4 Å². The molecular formula is C24H24IN3O8S. The topological polar surface area (TPSA) is 142 Å². The highest BCUT2D eigenvalue weighted by Gasteiger charge is 2.18. The molecular weight excluding hydrogens is 617 g/mol. The van der Waals surface area contributed by atoms with E-state index in [4.69, 9.17) is 23.7 Å². The van der Waals surface area contributed by atoms with Crippen LogP contribution in [-0.4, -0.2) is 66.8 Å². The van der Waals surface area contributed by atoms with E-state index in [0.717, 1.165) is 11.8 Å². The summed E-state index contributed by atoms with van der Waals surface area (Å²) in [6.07, 6.45) is 1.47. The number of carbonyl (C=O) groups is 2. The van der Waals surface area contributed by atoms with Crippen molar-refractivity contribution in [1.29, 1.82) is 0 Å². The minimum atomic E-state index is -1.16. The van der Waals surface area contributed by atoms with Crippen LogP contribution in [0.4, 0.5) is 0 Å². The average Bonchev–Trinajstić information content (AvgIpc) is 3.35. The van der Waals surface area contributed by atoms with Crippen LogP contribution in [0.2, 0.25) is 0 Å². The van der Waals surface area contributed by atoms with Gasteiger partial charge in [-0.2, -0.15) is 0 Å². The maximum Gasteiger partial charge on any atom is 0.344 e. The van der Waals surface area contributed by atoms with Gasteiger partial charge in [0.25, 0.3) is 0 Å². The number of nitrogens with one attached hydrogen (secondary N) is 1. The van der Waals surface area contributed by atoms with Crippen LogP contribution in [0.3, 0.4) is 0 Å². The lowest BCUT2D eigenvalue weighted by Crippen LogP contribution is -2.15. The van der Waals surface area contributed by atoms with Gasteiger partial charge in [-0.05, 0) is 77.2 Å². The molecule has 0 fully saturated rings. The third-order valence-corrected chi connectivity index (χ3v) is 6.37. The van der Waals surface area contributed by atoms with Gasteiger partial charge in [-0.25, -0.2) is 14.6 Å². The lowest BCUT2D eigenvalue weighted by molar-refractivity contribution is -0.145. The van der Waals surface area contributed by atoms with Gasteiger partial charge in [0.2, 0.25) is 5.16 Å². The highest BCUT2D eigenvalue weighted by atomic mass is 127. The number of esters is 1. The number of halogens is 1. The van der Waals surface area contributed by atoms with Gasteiger partial charge in [-0.15, -0.1) is 5.10 Å². The lowest BCUT2D eigenvalue weighted by Gasteiger charge is -2.13. The SMILES string of the molecule is CCOC(=O)COc1c(I)cc(/C=C(\Sc2n[nH]c(-c3cc(OC)cc(OC)c3)n2)C(=O)O)cc1OC. The summed E-state index contributed by atoms with van der Waals surface area (Å²) in [5.41, 5.74) is 1.21. The van der Waals surface area contributed by atoms with Crippen molar-refractivity contribution in [3.8, 4) is 34.4 Å². The van der Waals surface area contributed by atoms with Crippen LogP contribution in [0.15, 0.2) is 40.4 Å². The Morgan fingerprint density at radius 2 is 1.78 bits per heavy atom. The molecule has 13 heteroatoms. The fourth-order valence-corrected chi connectivity index (χ4v) is 4.54. The predicted octanol–water partition coefficient (Wildman–Crippen LogP) is 4.26. The summed E-state index contributed by atoms with van der Waals surface area (Å²) < 4.78 is 27.0. The fourth-order valence-electron chi connectivity index (χ4n) is 3.05. The van der Waals surface area contributed by atoms with E-state index in [2.05, 4.69) is 15.2 Å². The van der Waals surface area contributed by atoms with Crippen molar-refractivity contribution in [2.75, 3.05) is 34.5 Å². The number of carboxylic acids is 1. The van der Waals surface area contributed by atoms with E-state index in [0.29, 0.717) is 43.5 Å². The third-order valence-electron chi connectivity index (χ3n) is 4.69. The molecule has 0 aliphatic rings. The second-order valence-electron chi connectivity index (χ2n) is 7.11. The van der Waals surface area contributed by atoms with Crippen molar-refractivity contribution >= 4 is 52.4 Å². The zero-order chi connectivity index (χ0) is 26.9. The fraction of sp³-hybridized carbons (Fsp3) is 0.250. The summed E-state index contributed by atoms with van der Waals surface area (Å²) >= 11 is 2.90. The molecule has 2 N–H and O–H groups in total. The number of carboxylic acid groups (broad SMARTS) is 1. The summed E-state index contributed by atoms with van der Waals surface area (Å²) in [6, 6.07) is 8.55. The summed E-state index contributed by atoms with van der Waals surface area (Å²) in [4.78, 5) is 28.0. The largest absolute Gasteiger partial charge is 0.497 e. The highest BCUT2D eigenvalue weighted by molar-refractivity contribution is 14.1. The van der Waals surface area contributed by atoms with Gasteiger partial charge in [0, 0.05) is 11.6 Å². The number of aromatic amines is 1. The Morgan fingerprint density at radius 3 is 2.38 bits per heavy atom. The summed E-state index contributed by atoms with van der Waals surface area (Å²) in [5.74, 6) is 0.593. The number of ether oxygens (including phenoxy) is 5. The molecule has 1 heterocycles. The van der Waals surface area contributed by atoms with Gasteiger partial charge in [0.05, 0.1) is 31.5 Å². The van der Waals surface area contributed by atoms with Crippen LogP contribution < -0.4 is 18.9 Å². The Bertz CT molecular complexity index is 1290. The van der Waals surface area contributed by atoms with Gasteiger partial charge in [-0.3, -0.25) is 5.10 Å². The Kier molecular flexibility index (Phi) is 10.0. The van der Waals surface area contributed by atoms with Crippen LogP contribution in [0.25, 0.3) is 17.5 Å². The quantitative estimate of drug-likeness (QED) is 0.127. The van der Waals surface area contributed by atoms with E-state index in [-0.39, 0.29) is 23.3 Å². The molecule has 0 amide bonds. The lowest BCUT2D eigenvalue weighted by atomic mass is 10.2. The van der Waals surface area contributed by atoms with Crippen LogP contribution in [0.1, 0.15) is 12.5 Å². The zero-order valence-electron chi connectivity index (χ0n) is 20.4. The molecule has 0 radical (unpaired) electrons. The molecule has 0 saturated carbocycles. The third kappa shape index (κ3) is 7.52. The predicted molar refractivity (Wildman–Crippen MR) is 144 cm³/mol. The number of benzene rings is 2. The molecule has 0 aliphatic heterocycles. The highest BCUT2D eigenvalue weighted by Crippen LogP contribution is 2.36. The molecule has 196 valence electrons. The van der Waals surface area contributed by atoms with E-state index in [1.807, 2.05) is 22.6 Å². The zero-order valence-corrected chi connectivity index (χ0v) is 23.3. The van der Waals surface area contributed by atoms with Crippen LogP contribution in [0.5, 0.6) is 23.0 Å². The van der Waals surface area contributed by atoms with Crippen molar-refractivity contribution in [3.63, 3.8) is 0 Å². The first kappa shape index (κ1) is 28.1. The number of aliphatic carboxylic acids is 1. The number of hydrogen-bond acceptors (Lipinski definition) is 10. The number of thioether (sulfide) groups is 1. The van der Waals surface area contributed by atoms with Crippen LogP contribution >= 0.6 is 34.4 Å². The summed E-state index contributed by atoms with van der Waals surface area (Å²) in [5, 5.41) is 17.0. The molecule has 3 aromatic rings. The number of rotatable bonds is 12. The first-order valence-electron chi connectivity index (χ1n) is 10.7. The van der Waals surface area contributed by atoms with Crippen LogP contribution in [0, 0.1) is 3.57 Å². The smallest absolute Gasteiger partial charge is 0.344 e. The van der Waals surface area contributed by atoms with E-state index in [1.165, 1.54) is 13.2 Å². The molecule has 0 saturated heterocycles. The summed E-state index contributed by atoms with van der Waals surface area (Å²) in [6.45, 7) is 1.67. The Labute approximate surface area is 230 Å². The van der Waals surface area contributed by atoms with E-state index < -0.39 is 11.9 Å². The number of methoxy groups -OCH3 is 3. The molecule has 0 spiro atoms. The van der Waals surface area contributed by atoms with Gasteiger partial charge in [0.1, 0.15) is 16.4 Å². The molecule has 3 rings (SSSR count). The van der Waals surface area contributed by atoms with Crippen molar-refractivity contribution in [2.45, 2.75) is 12.1 Å². The first-order chi connectivity index (χ1) is 17.8. The molecule has 11 nitrogen and oxygen atoms in total. The van der Waals surface area contributed by atoms with Crippen molar-refractivity contribution in [1.82, 2.24) is 15.2 Å².